The molecule has 0 saturated carbocycles. The molecule has 9 nitrogen and oxygen atoms in total. The van der Waals surface area contributed by atoms with E-state index in [9.17, 15) is 27.6 Å². The van der Waals surface area contributed by atoms with Gasteiger partial charge in [0.2, 0.25) is 5.91 Å². The number of nitrogen functional groups attached to an aromatic ring is 1. The van der Waals surface area contributed by atoms with Crippen molar-refractivity contribution in [2.24, 2.45) is 0 Å². The molecule has 4 aromatic rings. The van der Waals surface area contributed by atoms with Crippen LogP contribution in [0.4, 0.5) is 32.8 Å². The Morgan fingerprint density at radius 2 is 2.02 bits per heavy atom. The normalized spacial score (nSPS) is 20.1. The molecule has 0 radical (unpaired) electrons. The second-order valence-corrected chi connectivity index (χ2v) is 13.2. The molecule has 48 heavy (non-hydrogen) atoms. The number of halogens is 5. The standard InChI is InChI=1S/C33H32F5N7O2S/c1-5-24(46)45-12-10-23(16(45)2)44(4)31-19-13-21(33(36,37)38)26(18-8-9-22(34)29-25(18)20(14-39)30(40)48-29)27(35)28(19)41-32(42-31)47-15-17-7-6-11-43(17)3/h5,8-9,13,16-17,23H,1,6-7,10-12,15,40H2,2-4H3/t16-,17-,23+/m0/s1. The van der Waals surface area contributed by atoms with Gasteiger partial charge in [0.1, 0.15) is 34.8 Å². The first kappa shape index (κ1) is 33.4. The van der Waals surface area contributed by atoms with E-state index in [1.54, 1.807) is 16.8 Å². The number of likely N-dealkylation sites (N-methyl/N-ethyl adjacent to an activating group) is 2. The van der Waals surface area contributed by atoms with Gasteiger partial charge in [0.25, 0.3) is 0 Å². The topological polar surface area (TPSA) is 112 Å². The molecule has 3 atom stereocenters. The summed E-state index contributed by atoms with van der Waals surface area (Å²) in [6.45, 7) is 6.77. The van der Waals surface area contributed by atoms with Crippen LogP contribution in [0, 0.1) is 23.0 Å². The number of likely N-dealkylation sites (tertiary alicyclic amines) is 2. The van der Waals surface area contributed by atoms with Crippen LogP contribution in [0.15, 0.2) is 30.9 Å². The third-order valence-corrected chi connectivity index (χ3v) is 10.5. The van der Waals surface area contributed by atoms with Crippen LogP contribution in [0.1, 0.15) is 37.3 Å². The highest BCUT2D eigenvalue weighted by Crippen LogP contribution is 2.48. The number of ether oxygens (including phenoxy) is 1. The number of nitrogens with two attached hydrogens (primary N) is 1. The van der Waals surface area contributed by atoms with E-state index in [0.29, 0.717) is 24.3 Å². The molecule has 2 fully saturated rings. The number of rotatable bonds is 7. The quantitative estimate of drug-likeness (QED) is 0.177. The van der Waals surface area contributed by atoms with Crippen molar-refractivity contribution in [1.29, 1.82) is 5.26 Å². The van der Waals surface area contributed by atoms with Crippen molar-refractivity contribution in [3.63, 3.8) is 0 Å². The molecule has 0 unspecified atom stereocenters. The van der Waals surface area contributed by atoms with Crippen LogP contribution in [-0.2, 0) is 11.0 Å². The Labute approximate surface area is 277 Å². The van der Waals surface area contributed by atoms with Crippen LogP contribution >= 0.6 is 11.3 Å². The highest BCUT2D eigenvalue weighted by molar-refractivity contribution is 7.23. The number of aromatic nitrogens is 2. The minimum Gasteiger partial charge on any atom is -0.462 e. The summed E-state index contributed by atoms with van der Waals surface area (Å²) in [5.74, 6) is -2.46. The molecule has 2 N–H and O–H groups in total. The highest BCUT2D eigenvalue weighted by Gasteiger charge is 2.40. The fraction of sp³-hybridized carbons (Fsp3) is 0.394. The average molecular weight is 686 g/mol. The van der Waals surface area contributed by atoms with E-state index >= 15 is 4.39 Å². The molecule has 2 aliphatic heterocycles. The Balaban J connectivity index is 1.60. The molecule has 2 aliphatic rings. The minimum atomic E-state index is -5.09. The number of nitrogens with zero attached hydrogens (tertiary/aromatic N) is 6. The summed E-state index contributed by atoms with van der Waals surface area (Å²) in [4.78, 5) is 26.6. The lowest BCUT2D eigenvalue weighted by Gasteiger charge is -2.32. The number of carbonyl (C=O) groups is 1. The molecule has 2 aromatic heterocycles. The number of hydrogen-bond acceptors (Lipinski definition) is 9. The van der Waals surface area contributed by atoms with E-state index in [4.69, 9.17) is 10.5 Å². The maximum absolute atomic E-state index is 17.0. The number of hydrogen-bond donors (Lipinski definition) is 1. The fourth-order valence-corrected chi connectivity index (χ4v) is 7.86. The molecule has 252 valence electrons. The summed E-state index contributed by atoms with van der Waals surface area (Å²) in [5.41, 5.74) is 2.62. The Morgan fingerprint density at radius 3 is 2.67 bits per heavy atom. The summed E-state index contributed by atoms with van der Waals surface area (Å²) in [7, 11) is 3.56. The van der Waals surface area contributed by atoms with E-state index in [-0.39, 0.29) is 68.0 Å². The lowest BCUT2D eigenvalue weighted by Crippen LogP contribution is -2.43. The van der Waals surface area contributed by atoms with Crippen LogP contribution in [0.2, 0.25) is 0 Å². The summed E-state index contributed by atoms with van der Waals surface area (Å²) in [6, 6.07) is 3.55. The zero-order valence-corrected chi connectivity index (χ0v) is 27.2. The number of nitriles is 1. The highest BCUT2D eigenvalue weighted by atomic mass is 32.1. The number of thiophene rings is 1. The van der Waals surface area contributed by atoms with Crippen LogP contribution in [0.5, 0.6) is 6.01 Å². The molecule has 0 aliphatic carbocycles. The van der Waals surface area contributed by atoms with Gasteiger partial charge in [-0.15, -0.1) is 11.3 Å². The third-order valence-electron chi connectivity index (χ3n) is 9.47. The van der Waals surface area contributed by atoms with Gasteiger partial charge in [0.05, 0.1) is 21.9 Å². The fourth-order valence-electron chi connectivity index (χ4n) is 6.91. The number of anilines is 2. The van der Waals surface area contributed by atoms with Gasteiger partial charge in [-0.25, -0.2) is 8.78 Å². The minimum absolute atomic E-state index is 0.0165. The first-order valence-corrected chi connectivity index (χ1v) is 16.1. The van der Waals surface area contributed by atoms with Crippen molar-refractivity contribution in [2.75, 3.05) is 44.4 Å². The van der Waals surface area contributed by atoms with E-state index in [1.807, 2.05) is 20.0 Å². The summed E-state index contributed by atoms with van der Waals surface area (Å²) >= 11 is 0.693. The van der Waals surface area contributed by atoms with Crippen molar-refractivity contribution < 1.29 is 31.5 Å². The zero-order valence-electron chi connectivity index (χ0n) is 26.4. The van der Waals surface area contributed by atoms with E-state index < -0.39 is 40.5 Å². The molecule has 4 heterocycles. The van der Waals surface area contributed by atoms with E-state index in [2.05, 4.69) is 21.4 Å². The second-order valence-electron chi connectivity index (χ2n) is 12.1. The number of amides is 1. The molecule has 0 bridgehead atoms. The molecular weight excluding hydrogens is 653 g/mol. The predicted octanol–water partition coefficient (Wildman–Crippen LogP) is 6.35. The molecule has 2 saturated heterocycles. The molecule has 6 rings (SSSR count). The monoisotopic (exact) mass is 685 g/mol. The van der Waals surface area contributed by atoms with Crippen LogP contribution in [-0.4, -0.2) is 77.6 Å². The lowest BCUT2D eigenvalue weighted by atomic mass is 9.92. The average Bonchev–Trinajstić information content (AvgIpc) is 3.75. The number of fused-ring (bicyclic) bond motifs is 2. The number of benzene rings is 2. The Kier molecular flexibility index (Phi) is 8.67. The van der Waals surface area contributed by atoms with Gasteiger partial charge in [-0.2, -0.15) is 28.4 Å². The van der Waals surface area contributed by atoms with Crippen molar-refractivity contribution in [1.82, 2.24) is 19.8 Å². The Hall–Kier alpha value is -4.55. The number of alkyl halides is 3. The van der Waals surface area contributed by atoms with Gasteiger partial charge < -0.3 is 25.2 Å². The summed E-state index contributed by atoms with van der Waals surface area (Å²) < 4.78 is 82.4. The van der Waals surface area contributed by atoms with Crippen molar-refractivity contribution in [2.45, 2.75) is 50.5 Å². The Bertz CT molecular complexity index is 1990. The largest absolute Gasteiger partial charge is 0.462 e. The molecular formula is C33H32F5N7O2S. The first-order valence-electron chi connectivity index (χ1n) is 15.3. The molecule has 15 heteroatoms. The third kappa shape index (κ3) is 5.56. The van der Waals surface area contributed by atoms with Gasteiger partial charge in [-0.1, -0.05) is 12.6 Å². The molecule has 1 amide bonds. The smallest absolute Gasteiger partial charge is 0.417 e. The Morgan fingerprint density at radius 1 is 1.27 bits per heavy atom. The van der Waals surface area contributed by atoms with E-state index in [0.717, 1.165) is 37.6 Å². The van der Waals surface area contributed by atoms with Gasteiger partial charge in [-0.05, 0) is 63.6 Å². The van der Waals surface area contributed by atoms with Gasteiger partial charge in [-0.3, -0.25) is 4.79 Å². The maximum atomic E-state index is 17.0. The SMILES string of the molecule is C=CC(=O)N1CC[C@@H](N(C)c2nc(OC[C@@H]3CCCN3C)nc3c(F)c(-c4ccc(F)c5sc(N)c(C#N)c45)c(C(F)(F)F)cc23)[C@@H]1C. The zero-order chi connectivity index (χ0) is 34.7. The van der Waals surface area contributed by atoms with Gasteiger partial charge in [0, 0.05) is 42.0 Å². The lowest BCUT2D eigenvalue weighted by molar-refractivity contribution is -0.137. The van der Waals surface area contributed by atoms with Crippen molar-refractivity contribution >= 4 is 49.1 Å². The van der Waals surface area contributed by atoms with Crippen molar-refractivity contribution in [3.8, 4) is 23.2 Å². The van der Waals surface area contributed by atoms with Gasteiger partial charge >= 0.3 is 12.2 Å². The van der Waals surface area contributed by atoms with Crippen LogP contribution in [0.25, 0.3) is 32.1 Å². The molecule has 0 spiro atoms. The summed E-state index contributed by atoms with van der Waals surface area (Å²) in [6.07, 6.45) is -1.63. The molecule has 2 aromatic carbocycles. The number of carbonyl (C=O) groups excluding carboxylic acids is 1. The van der Waals surface area contributed by atoms with Crippen LogP contribution in [0.3, 0.4) is 0 Å². The van der Waals surface area contributed by atoms with Crippen molar-refractivity contribution in [3.05, 3.63) is 53.6 Å². The van der Waals surface area contributed by atoms with Crippen LogP contribution < -0.4 is 15.4 Å². The van der Waals surface area contributed by atoms with Gasteiger partial charge in [0.15, 0.2) is 5.82 Å². The second kappa shape index (κ2) is 12.5. The van der Waals surface area contributed by atoms with E-state index in [1.165, 1.54) is 6.08 Å². The predicted molar refractivity (Wildman–Crippen MR) is 174 cm³/mol. The first-order chi connectivity index (χ1) is 22.8. The maximum Gasteiger partial charge on any atom is 0.417 e. The summed E-state index contributed by atoms with van der Waals surface area (Å²) in [5, 5.41) is 9.23.